The number of hydrogen-bond acceptors (Lipinski definition) is 6. The van der Waals surface area contributed by atoms with Crippen LogP contribution in [0, 0.1) is 17.0 Å². The quantitative estimate of drug-likeness (QED) is 0.290. The summed E-state index contributed by atoms with van der Waals surface area (Å²) in [4.78, 5) is 23.7. The second kappa shape index (κ2) is 11.4. The Labute approximate surface area is 217 Å². The van der Waals surface area contributed by atoms with Crippen LogP contribution in [-0.2, 0) is 14.8 Å². The van der Waals surface area contributed by atoms with Crippen molar-refractivity contribution in [2.75, 3.05) is 18.0 Å². The first-order chi connectivity index (χ1) is 17.4. The molecule has 10 heteroatoms. The number of aryl methyl sites for hydroxylation is 1. The average Bonchev–Trinajstić information content (AvgIpc) is 2.87. The zero-order chi connectivity index (χ0) is 27.3. The Morgan fingerprint density at radius 1 is 1.03 bits per heavy atom. The van der Waals surface area contributed by atoms with Crippen LogP contribution in [0.2, 0.25) is 0 Å². The van der Waals surface area contributed by atoms with E-state index in [1.54, 1.807) is 25.3 Å². The Morgan fingerprint density at radius 3 is 2.19 bits per heavy atom. The summed E-state index contributed by atoms with van der Waals surface area (Å²) < 4.78 is 33.4. The van der Waals surface area contributed by atoms with Gasteiger partial charge >= 0.3 is 0 Å². The maximum atomic E-state index is 13.5. The van der Waals surface area contributed by atoms with Gasteiger partial charge in [0.1, 0.15) is 12.3 Å². The number of rotatable bonds is 10. The van der Waals surface area contributed by atoms with Gasteiger partial charge in [-0.1, -0.05) is 32.0 Å². The molecular formula is C27H31N3O6S. The molecule has 0 aliphatic heterocycles. The second-order valence-corrected chi connectivity index (χ2v) is 10.9. The Kier molecular flexibility index (Phi) is 8.54. The number of sulfonamides is 1. The van der Waals surface area contributed by atoms with Gasteiger partial charge in [0.15, 0.2) is 0 Å². The molecule has 0 fully saturated rings. The smallest absolute Gasteiger partial charge is 0.269 e. The van der Waals surface area contributed by atoms with E-state index in [-0.39, 0.29) is 22.2 Å². The molecular weight excluding hydrogens is 494 g/mol. The predicted molar refractivity (Wildman–Crippen MR) is 142 cm³/mol. The van der Waals surface area contributed by atoms with Gasteiger partial charge in [0.2, 0.25) is 5.91 Å². The highest BCUT2D eigenvalue weighted by Crippen LogP contribution is 2.32. The van der Waals surface area contributed by atoms with Crippen molar-refractivity contribution >= 4 is 27.3 Å². The Balaban J connectivity index is 1.92. The van der Waals surface area contributed by atoms with Crippen LogP contribution in [0.4, 0.5) is 11.4 Å². The normalized spacial score (nSPS) is 12.2. The van der Waals surface area contributed by atoms with E-state index in [1.807, 2.05) is 26.0 Å². The van der Waals surface area contributed by atoms with Crippen molar-refractivity contribution < 1.29 is 22.9 Å². The third kappa shape index (κ3) is 6.26. The minimum Gasteiger partial charge on any atom is -0.496 e. The molecule has 9 nitrogen and oxygen atoms in total. The van der Waals surface area contributed by atoms with Gasteiger partial charge in [0.05, 0.1) is 28.7 Å². The SMILES string of the molecule is COc1cc(C)c([C@H](C)NC(=O)CN(c2ccc([N+](=O)[O-])cc2)S(=O)(=O)c2ccccc2)cc1C(C)C. The fourth-order valence-electron chi connectivity index (χ4n) is 4.08. The van der Waals surface area contributed by atoms with Gasteiger partial charge in [0, 0.05) is 12.1 Å². The molecule has 0 radical (unpaired) electrons. The van der Waals surface area contributed by atoms with Crippen LogP contribution in [0.3, 0.4) is 0 Å². The fourth-order valence-corrected chi connectivity index (χ4v) is 5.52. The minimum atomic E-state index is -4.13. The summed E-state index contributed by atoms with van der Waals surface area (Å²) in [5.41, 5.74) is 2.78. The Hall–Kier alpha value is -3.92. The molecule has 3 aromatic carbocycles. The largest absolute Gasteiger partial charge is 0.496 e. The van der Waals surface area contributed by atoms with Crippen molar-refractivity contribution in [1.29, 1.82) is 0 Å². The number of carbonyl (C=O) groups is 1. The Morgan fingerprint density at radius 2 is 1.65 bits per heavy atom. The molecule has 0 saturated carbocycles. The van der Waals surface area contributed by atoms with Crippen molar-refractivity contribution in [3.05, 3.63) is 93.5 Å². The topological polar surface area (TPSA) is 119 Å². The van der Waals surface area contributed by atoms with E-state index in [9.17, 15) is 23.3 Å². The van der Waals surface area contributed by atoms with Crippen LogP contribution in [0.1, 0.15) is 49.4 Å². The predicted octanol–water partition coefficient (Wildman–Crippen LogP) is 5.11. The van der Waals surface area contributed by atoms with E-state index < -0.39 is 33.4 Å². The van der Waals surface area contributed by atoms with Gasteiger partial charge in [-0.15, -0.1) is 0 Å². The molecule has 3 aromatic rings. The highest BCUT2D eigenvalue weighted by molar-refractivity contribution is 7.92. The maximum absolute atomic E-state index is 13.5. The number of nitrogens with one attached hydrogen (secondary N) is 1. The number of benzene rings is 3. The lowest BCUT2D eigenvalue weighted by Crippen LogP contribution is -2.41. The summed E-state index contributed by atoms with van der Waals surface area (Å²) in [7, 11) is -2.52. The lowest BCUT2D eigenvalue weighted by atomic mass is 9.93. The number of carbonyl (C=O) groups excluding carboxylic acids is 1. The third-order valence-electron chi connectivity index (χ3n) is 6.05. The van der Waals surface area contributed by atoms with E-state index in [0.717, 1.165) is 26.7 Å². The third-order valence-corrected chi connectivity index (χ3v) is 7.84. The van der Waals surface area contributed by atoms with Gasteiger partial charge in [-0.2, -0.15) is 0 Å². The first kappa shape index (κ1) is 27.7. The molecule has 0 aliphatic carbocycles. The lowest BCUT2D eigenvalue weighted by molar-refractivity contribution is -0.384. The van der Waals surface area contributed by atoms with Crippen molar-refractivity contribution in [1.82, 2.24) is 5.32 Å². The van der Waals surface area contributed by atoms with Crippen molar-refractivity contribution in [3.8, 4) is 5.75 Å². The fraction of sp³-hybridized carbons (Fsp3) is 0.296. The number of methoxy groups -OCH3 is 1. The highest BCUT2D eigenvalue weighted by Gasteiger charge is 2.28. The molecule has 37 heavy (non-hydrogen) atoms. The van der Waals surface area contributed by atoms with E-state index in [4.69, 9.17) is 4.74 Å². The minimum absolute atomic E-state index is 0.00164. The van der Waals surface area contributed by atoms with Gasteiger partial charge < -0.3 is 10.1 Å². The van der Waals surface area contributed by atoms with Gasteiger partial charge in [-0.05, 0) is 72.9 Å². The summed E-state index contributed by atoms with van der Waals surface area (Å²) >= 11 is 0. The van der Waals surface area contributed by atoms with Crippen LogP contribution >= 0.6 is 0 Å². The molecule has 196 valence electrons. The summed E-state index contributed by atoms with van der Waals surface area (Å²) in [6, 6.07) is 16.3. The number of non-ortho nitro benzene ring substituents is 1. The van der Waals surface area contributed by atoms with E-state index in [2.05, 4.69) is 19.2 Å². The van der Waals surface area contributed by atoms with Crippen LogP contribution in [0.25, 0.3) is 0 Å². The monoisotopic (exact) mass is 525 g/mol. The molecule has 3 rings (SSSR count). The molecule has 0 heterocycles. The average molecular weight is 526 g/mol. The first-order valence-electron chi connectivity index (χ1n) is 11.8. The number of ether oxygens (including phenoxy) is 1. The number of nitro groups is 1. The molecule has 0 aliphatic rings. The number of nitro benzene ring substituents is 1. The van der Waals surface area contributed by atoms with Crippen LogP contribution in [0.15, 0.2) is 71.6 Å². The molecule has 0 unspecified atom stereocenters. The van der Waals surface area contributed by atoms with E-state index in [0.29, 0.717) is 0 Å². The summed E-state index contributed by atoms with van der Waals surface area (Å²) in [6.07, 6.45) is 0. The van der Waals surface area contributed by atoms with E-state index in [1.165, 1.54) is 36.4 Å². The van der Waals surface area contributed by atoms with Gasteiger partial charge in [-0.3, -0.25) is 19.2 Å². The van der Waals surface area contributed by atoms with Crippen molar-refractivity contribution in [2.45, 2.75) is 44.6 Å². The number of anilines is 1. The summed E-state index contributed by atoms with van der Waals surface area (Å²) in [5.74, 6) is 0.450. The zero-order valence-electron chi connectivity index (χ0n) is 21.5. The molecule has 0 bridgehead atoms. The van der Waals surface area contributed by atoms with Crippen molar-refractivity contribution in [2.24, 2.45) is 0 Å². The molecule has 0 aromatic heterocycles. The first-order valence-corrected chi connectivity index (χ1v) is 13.2. The second-order valence-electron chi connectivity index (χ2n) is 8.99. The lowest BCUT2D eigenvalue weighted by Gasteiger charge is -2.26. The molecule has 0 spiro atoms. The van der Waals surface area contributed by atoms with Crippen LogP contribution < -0.4 is 14.4 Å². The maximum Gasteiger partial charge on any atom is 0.269 e. The molecule has 1 N–H and O–H groups in total. The zero-order valence-corrected chi connectivity index (χ0v) is 22.3. The number of hydrogen-bond donors (Lipinski definition) is 1. The van der Waals surface area contributed by atoms with E-state index >= 15 is 0 Å². The highest BCUT2D eigenvalue weighted by atomic mass is 32.2. The Bertz CT molecular complexity index is 1370. The number of amides is 1. The van der Waals surface area contributed by atoms with Crippen molar-refractivity contribution in [3.63, 3.8) is 0 Å². The summed E-state index contributed by atoms with van der Waals surface area (Å²) in [5, 5.41) is 14.0. The van der Waals surface area contributed by atoms with Gasteiger partial charge in [-0.25, -0.2) is 8.42 Å². The van der Waals surface area contributed by atoms with Gasteiger partial charge in [0.25, 0.3) is 15.7 Å². The molecule has 0 saturated heterocycles. The van der Waals surface area contributed by atoms with Crippen LogP contribution in [0.5, 0.6) is 5.75 Å². The van der Waals surface area contributed by atoms with Crippen LogP contribution in [-0.4, -0.2) is 32.9 Å². The number of nitrogens with zero attached hydrogens (tertiary/aromatic N) is 2. The molecule has 1 atom stereocenters. The summed E-state index contributed by atoms with van der Waals surface area (Å²) in [6.45, 7) is 7.35. The molecule has 1 amide bonds. The standard InChI is InChI=1S/C27H31N3O6S/c1-18(2)24-16-25(19(3)15-26(24)36-5)20(4)28-27(31)17-29(21-11-13-22(14-12-21)30(32)33)37(34,35)23-9-7-6-8-10-23/h6-16,18,20H,17H2,1-5H3,(H,28,31)/t20-/m0/s1.